The molecule has 94 valence electrons. The van der Waals surface area contributed by atoms with Crippen molar-refractivity contribution in [2.24, 2.45) is 5.73 Å². The summed E-state index contributed by atoms with van der Waals surface area (Å²) in [6.07, 6.45) is 0.939. The van der Waals surface area contributed by atoms with Crippen LogP contribution in [0.25, 0.3) is 0 Å². The SMILES string of the molecule is CCc1cccc(Oc2cc(F)cc(CN)c2)c1. The molecule has 2 N–H and O–H groups in total. The Balaban J connectivity index is 2.24. The summed E-state index contributed by atoms with van der Waals surface area (Å²) in [5, 5.41) is 0. The second-order valence-corrected chi connectivity index (χ2v) is 4.10. The van der Waals surface area contributed by atoms with Gasteiger partial charge in [-0.3, -0.25) is 0 Å². The van der Waals surface area contributed by atoms with E-state index in [0.717, 1.165) is 12.0 Å². The number of halogens is 1. The smallest absolute Gasteiger partial charge is 0.130 e. The topological polar surface area (TPSA) is 35.2 Å². The third-order valence-corrected chi connectivity index (χ3v) is 2.71. The first-order valence-electron chi connectivity index (χ1n) is 5.97. The summed E-state index contributed by atoms with van der Waals surface area (Å²) in [6.45, 7) is 2.37. The fourth-order valence-electron chi connectivity index (χ4n) is 1.76. The standard InChI is InChI=1S/C15H16FNO/c1-2-11-4-3-5-14(7-11)18-15-8-12(10-17)6-13(16)9-15/h3-9H,2,10,17H2,1H3. The Morgan fingerprint density at radius 2 is 1.83 bits per heavy atom. The van der Waals surface area contributed by atoms with Gasteiger partial charge in [0.05, 0.1) is 0 Å². The molecule has 0 aliphatic heterocycles. The maximum Gasteiger partial charge on any atom is 0.130 e. The predicted molar refractivity (Wildman–Crippen MR) is 70.2 cm³/mol. The number of ether oxygens (including phenoxy) is 1. The molecule has 0 spiro atoms. The molecule has 18 heavy (non-hydrogen) atoms. The van der Waals surface area contributed by atoms with E-state index in [1.807, 2.05) is 24.3 Å². The minimum absolute atomic E-state index is 0.295. The van der Waals surface area contributed by atoms with Crippen LogP contribution in [0.3, 0.4) is 0 Å². The first kappa shape index (κ1) is 12.6. The van der Waals surface area contributed by atoms with Gasteiger partial charge in [0.25, 0.3) is 0 Å². The number of rotatable bonds is 4. The first-order chi connectivity index (χ1) is 8.71. The zero-order valence-electron chi connectivity index (χ0n) is 10.3. The first-order valence-corrected chi connectivity index (χ1v) is 5.97. The molecule has 0 amide bonds. The lowest BCUT2D eigenvalue weighted by atomic mass is 10.1. The molecule has 0 aliphatic carbocycles. The van der Waals surface area contributed by atoms with Gasteiger partial charge in [-0.2, -0.15) is 0 Å². The van der Waals surface area contributed by atoms with Crippen LogP contribution < -0.4 is 10.5 Å². The zero-order chi connectivity index (χ0) is 13.0. The molecule has 0 saturated heterocycles. The third-order valence-electron chi connectivity index (χ3n) is 2.71. The van der Waals surface area contributed by atoms with Crippen molar-refractivity contribution in [2.75, 3.05) is 0 Å². The molecule has 2 rings (SSSR count). The van der Waals surface area contributed by atoms with Crippen molar-refractivity contribution in [3.8, 4) is 11.5 Å². The summed E-state index contributed by atoms with van der Waals surface area (Å²) in [7, 11) is 0. The van der Waals surface area contributed by atoms with Crippen molar-refractivity contribution in [3.63, 3.8) is 0 Å². The van der Waals surface area contributed by atoms with E-state index in [2.05, 4.69) is 6.92 Å². The van der Waals surface area contributed by atoms with E-state index >= 15 is 0 Å². The summed E-state index contributed by atoms with van der Waals surface area (Å²) in [6, 6.07) is 12.3. The molecule has 0 unspecified atom stereocenters. The quantitative estimate of drug-likeness (QED) is 0.892. The predicted octanol–water partition coefficient (Wildman–Crippen LogP) is 3.64. The molecule has 0 heterocycles. The third kappa shape index (κ3) is 3.08. The second-order valence-electron chi connectivity index (χ2n) is 4.10. The van der Waals surface area contributed by atoms with Gasteiger partial charge < -0.3 is 10.5 Å². The van der Waals surface area contributed by atoms with E-state index in [-0.39, 0.29) is 5.82 Å². The number of nitrogens with two attached hydrogens (primary N) is 1. The van der Waals surface area contributed by atoms with Gasteiger partial charge in [-0.1, -0.05) is 19.1 Å². The highest BCUT2D eigenvalue weighted by Crippen LogP contribution is 2.24. The van der Waals surface area contributed by atoms with Crippen LogP contribution in [0.2, 0.25) is 0 Å². The lowest BCUT2D eigenvalue weighted by Crippen LogP contribution is -1.97. The largest absolute Gasteiger partial charge is 0.457 e. The van der Waals surface area contributed by atoms with E-state index in [4.69, 9.17) is 10.5 Å². The van der Waals surface area contributed by atoms with Crippen LogP contribution in [0.1, 0.15) is 18.1 Å². The van der Waals surface area contributed by atoms with Gasteiger partial charge in [0.1, 0.15) is 17.3 Å². The number of benzene rings is 2. The van der Waals surface area contributed by atoms with Crippen molar-refractivity contribution < 1.29 is 9.13 Å². The van der Waals surface area contributed by atoms with Gasteiger partial charge in [-0.25, -0.2) is 4.39 Å². The minimum Gasteiger partial charge on any atom is -0.457 e. The molecule has 0 atom stereocenters. The molecule has 0 fully saturated rings. The normalized spacial score (nSPS) is 10.4. The number of hydrogen-bond donors (Lipinski definition) is 1. The summed E-state index contributed by atoms with van der Waals surface area (Å²) in [4.78, 5) is 0. The van der Waals surface area contributed by atoms with Gasteiger partial charge in [-0.05, 0) is 41.8 Å². The molecule has 0 bridgehead atoms. The van der Waals surface area contributed by atoms with E-state index in [1.165, 1.54) is 17.7 Å². The Morgan fingerprint density at radius 3 is 2.56 bits per heavy atom. The molecule has 2 aromatic carbocycles. The van der Waals surface area contributed by atoms with Gasteiger partial charge >= 0.3 is 0 Å². The fourth-order valence-corrected chi connectivity index (χ4v) is 1.76. The van der Waals surface area contributed by atoms with Crippen LogP contribution in [-0.4, -0.2) is 0 Å². The van der Waals surface area contributed by atoms with Crippen LogP contribution in [0.15, 0.2) is 42.5 Å². The van der Waals surface area contributed by atoms with Crippen LogP contribution in [-0.2, 0) is 13.0 Å². The Bertz CT molecular complexity index is 540. The maximum absolute atomic E-state index is 13.3. The van der Waals surface area contributed by atoms with Crippen LogP contribution in [0, 0.1) is 5.82 Å². The Hall–Kier alpha value is -1.87. The molecular formula is C15H16FNO. The lowest BCUT2D eigenvalue weighted by Gasteiger charge is -2.08. The van der Waals surface area contributed by atoms with E-state index in [1.54, 1.807) is 6.07 Å². The second kappa shape index (κ2) is 5.65. The monoisotopic (exact) mass is 245 g/mol. The molecule has 0 aromatic heterocycles. The van der Waals surface area contributed by atoms with Gasteiger partial charge in [0.15, 0.2) is 0 Å². The van der Waals surface area contributed by atoms with Crippen molar-refractivity contribution in [2.45, 2.75) is 19.9 Å². The van der Waals surface area contributed by atoms with Gasteiger partial charge in [0, 0.05) is 12.6 Å². The molecule has 0 saturated carbocycles. The van der Waals surface area contributed by atoms with E-state index in [9.17, 15) is 4.39 Å². The zero-order valence-corrected chi connectivity index (χ0v) is 10.3. The van der Waals surface area contributed by atoms with Crippen LogP contribution >= 0.6 is 0 Å². The van der Waals surface area contributed by atoms with Crippen molar-refractivity contribution in [1.29, 1.82) is 0 Å². The summed E-state index contributed by atoms with van der Waals surface area (Å²) in [5.74, 6) is 0.853. The average molecular weight is 245 g/mol. The number of aryl methyl sites for hydroxylation is 1. The van der Waals surface area contributed by atoms with Gasteiger partial charge in [0.2, 0.25) is 0 Å². The molecule has 2 aromatic rings. The summed E-state index contributed by atoms with van der Waals surface area (Å²) < 4.78 is 19.0. The highest BCUT2D eigenvalue weighted by atomic mass is 19.1. The molecule has 2 nitrogen and oxygen atoms in total. The summed E-state index contributed by atoms with van der Waals surface area (Å²) in [5.41, 5.74) is 7.41. The van der Waals surface area contributed by atoms with Crippen molar-refractivity contribution >= 4 is 0 Å². The molecule has 3 heteroatoms. The van der Waals surface area contributed by atoms with E-state index in [0.29, 0.717) is 18.0 Å². The van der Waals surface area contributed by atoms with E-state index < -0.39 is 0 Å². The number of hydrogen-bond acceptors (Lipinski definition) is 2. The van der Waals surface area contributed by atoms with Crippen molar-refractivity contribution in [3.05, 3.63) is 59.4 Å². The van der Waals surface area contributed by atoms with Crippen molar-refractivity contribution in [1.82, 2.24) is 0 Å². The average Bonchev–Trinajstić information content (AvgIpc) is 2.38. The highest BCUT2D eigenvalue weighted by molar-refractivity contribution is 5.36. The van der Waals surface area contributed by atoms with Crippen LogP contribution in [0.4, 0.5) is 4.39 Å². The Morgan fingerprint density at radius 1 is 1.06 bits per heavy atom. The molecular weight excluding hydrogens is 229 g/mol. The summed E-state index contributed by atoms with van der Waals surface area (Å²) >= 11 is 0. The van der Waals surface area contributed by atoms with Crippen LogP contribution in [0.5, 0.6) is 11.5 Å². The Labute approximate surface area is 106 Å². The Kier molecular flexibility index (Phi) is 3.95. The lowest BCUT2D eigenvalue weighted by molar-refractivity contribution is 0.475. The minimum atomic E-state index is -0.334. The molecule has 0 aliphatic rings. The maximum atomic E-state index is 13.3. The highest BCUT2D eigenvalue weighted by Gasteiger charge is 2.03. The van der Waals surface area contributed by atoms with Gasteiger partial charge in [-0.15, -0.1) is 0 Å². The fraction of sp³-hybridized carbons (Fsp3) is 0.200. The molecule has 0 radical (unpaired) electrons.